The fourth-order valence-electron chi connectivity index (χ4n) is 2.12. The number of ether oxygens (including phenoxy) is 1. The maximum atomic E-state index is 9.03. The maximum absolute atomic E-state index is 9.03. The first-order chi connectivity index (χ1) is 10.2. The number of aromatic nitrogens is 1. The summed E-state index contributed by atoms with van der Waals surface area (Å²) in [4.78, 5) is 4.28. The van der Waals surface area contributed by atoms with E-state index in [1.165, 1.54) is 0 Å². The summed E-state index contributed by atoms with van der Waals surface area (Å²) in [5, 5.41) is 19.1. The first-order valence-electron chi connectivity index (χ1n) is 6.65. The molecular weight excluding hydrogens is 265 g/mol. The van der Waals surface area contributed by atoms with E-state index in [4.69, 9.17) is 14.8 Å². The quantitative estimate of drug-likeness (QED) is 0.710. The van der Waals surface area contributed by atoms with Gasteiger partial charge in [-0.15, -0.1) is 0 Å². The summed E-state index contributed by atoms with van der Waals surface area (Å²) >= 11 is 0. The van der Waals surface area contributed by atoms with Crippen LogP contribution in [0.25, 0.3) is 10.9 Å². The predicted octanol–water partition coefficient (Wildman–Crippen LogP) is 1.49. The van der Waals surface area contributed by atoms with Crippen molar-refractivity contribution in [3.63, 3.8) is 0 Å². The minimum Gasteiger partial charge on any atom is -0.489 e. The lowest BCUT2D eigenvalue weighted by molar-refractivity contribution is 0.306. The van der Waals surface area contributed by atoms with Crippen molar-refractivity contribution < 1.29 is 14.8 Å². The van der Waals surface area contributed by atoms with Gasteiger partial charge in [0.1, 0.15) is 12.4 Å². The van der Waals surface area contributed by atoms with Gasteiger partial charge >= 0.3 is 7.12 Å². The molecule has 3 aromatic rings. The fourth-order valence-corrected chi connectivity index (χ4v) is 2.12. The Hall–Kier alpha value is -2.37. The average molecular weight is 279 g/mol. The predicted molar refractivity (Wildman–Crippen MR) is 82.3 cm³/mol. The molecule has 5 heteroatoms. The van der Waals surface area contributed by atoms with Crippen molar-refractivity contribution in [3.8, 4) is 5.75 Å². The molecule has 0 amide bonds. The van der Waals surface area contributed by atoms with E-state index in [1.807, 2.05) is 30.3 Å². The van der Waals surface area contributed by atoms with E-state index in [1.54, 1.807) is 30.5 Å². The lowest BCUT2D eigenvalue weighted by atomic mass is 9.80. The molecule has 0 bridgehead atoms. The zero-order valence-corrected chi connectivity index (χ0v) is 11.3. The molecule has 2 aromatic carbocycles. The molecule has 1 heterocycles. The molecule has 0 fully saturated rings. The van der Waals surface area contributed by atoms with Gasteiger partial charge < -0.3 is 14.8 Å². The van der Waals surface area contributed by atoms with Gasteiger partial charge in [-0.1, -0.05) is 24.3 Å². The van der Waals surface area contributed by atoms with Gasteiger partial charge in [-0.3, -0.25) is 4.98 Å². The maximum Gasteiger partial charge on any atom is 0.488 e. The number of benzene rings is 2. The molecular formula is C16H14BNO3. The van der Waals surface area contributed by atoms with Crippen LogP contribution >= 0.6 is 0 Å². The molecule has 0 spiro atoms. The molecule has 104 valence electrons. The highest BCUT2D eigenvalue weighted by molar-refractivity contribution is 6.58. The number of fused-ring (bicyclic) bond motifs is 1. The van der Waals surface area contributed by atoms with Crippen LogP contribution in [0.4, 0.5) is 0 Å². The van der Waals surface area contributed by atoms with Gasteiger partial charge in [0.25, 0.3) is 0 Å². The van der Waals surface area contributed by atoms with E-state index >= 15 is 0 Å². The van der Waals surface area contributed by atoms with Crippen molar-refractivity contribution >= 4 is 23.5 Å². The van der Waals surface area contributed by atoms with Gasteiger partial charge in [0.15, 0.2) is 0 Å². The molecule has 4 nitrogen and oxygen atoms in total. The van der Waals surface area contributed by atoms with Crippen LogP contribution in [-0.2, 0) is 6.61 Å². The normalized spacial score (nSPS) is 10.6. The van der Waals surface area contributed by atoms with Crippen LogP contribution in [-0.4, -0.2) is 22.2 Å². The number of rotatable bonds is 4. The molecule has 21 heavy (non-hydrogen) atoms. The molecule has 0 aliphatic rings. The summed E-state index contributed by atoms with van der Waals surface area (Å²) in [6.07, 6.45) is 1.77. The van der Waals surface area contributed by atoms with Crippen LogP contribution in [0, 0.1) is 0 Å². The van der Waals surface area contributed by atoms with Gasteiger partial charge in [0.2, 0.25) is 0 Å². The van der Waals surface area contributed by atoms with E-state index < -0.39 is 7.12 Å². The monoisotopic (exact) mass is 279 g/mol. The van der Waals surface area contributed by atoms with Crippen LogP contribution in [0.1, 0.15) is 5.56 Å². The highest BCUT2D eigenvalue weighted by Crippen LogP contribution is 2.16. The summed E-state index contributed by atoms with van der Waals surface area (Å²) in [6.45, 7) is 0.450. The Morgan fingerprint density at radius 3 is 2.57 bits per heavy atom. The summed E-state index contributed by atoms with van der Waals surface area (Å²) < 4.78 is 5.69. The van der Waals surface area contributed by atoms with Gasteiger partial charge in [-0.05, 0) is 41.4 Å². The third-order valence-electron chi connectivity index (χ3n) is 3.25. The smallest absolute Gasteiger partial charge is 0.488 e. The summed E-state index contributed by atoms with van der Waals surface area (Å²) in [6, 6.07) is 16.6. The Kier molecular flexibility index (Phi) is 3.86. The third-order valence-corrected chi connectivity index (χ3v) is 3.25. The summed E-state index contributed by atoms with van der Waals surface area (Å²) in [5.74, 6) is 0.686. The highest BCUT2D eigenvalue weighted by atomic mass is 16.5. The Morgan fingerprint density at radius 2 is 1.81 bits per heavy atom. The Bertz CT molecular complexity index is 744. The molecule has 3 rings (SSSR count). The molecule has 0 aliphatic heterocycles. The standard InChI is InChI=1S/C16H14BNO3/c19-17(20)14-4-6-15(7-5-14)21-11-12-3-8-16-13(10-12)2-1-9-18-16/h1-10,19-20H,11H2. The average Bonchev–Trinajstić information content (AvgIpc) is 2.53. The van der Waals surface area contributed by atoms with Crippen LogP contribution in [0.5, 0.6) is 5.75 Å². The topological polar surface area (TPSA) is 62.6 Å². The summed E-state index contributed by atoms with van der Waals surface area (Å²) in [7, 11) is -1.45. The molecule has 0 unspecified atom stereocenters. The van der Waals surface area contributed by atoms with E-state index in [2.05, 4.69) is 4.98 Å². The molecule has 0 radical (unpaired) electrons. The number of pyridine rings is 1. The van der Waals surface area contributed by atoms with Crippen molar-refractivity contribution in [2.45, 2.75) is 6.61 Å². The van der Waals surface area contributed by atoms with Gasteiger partial charge in [-0.2, -0.15) is 0 Å². The summed E-state index contributed by atoms with van der Waals surface area (Å²) in [5.41, 5.74) is 2.46. The molecule has 2 N–H and O–H groups in total. The molecule has 1 aromatic heterocycles. The zero-order chi connectivity index (χ0) is 14.7. The molecule has 0 atom stereocenters. The van der Waals surface area contributed by atoms with Crippen LogP contribution in [0.15, 0.2) is 60.8 Å². The first kappa shape index (κ1) is 13.6. The third kappa shape index (κ3) is 3.21. The van der Waals surface area contributed by atoms with Crippen LogP contribution < -0.4 is 10.2 Å². The molecule has 0 saturated heterocycles. The first-order valence-corrected chi connectivity index (χ1v) is 6.65. The Balaban J connectivity index is 1.71. The van der Waals surface area contributed by atoms with Crippen LogP contribution in [0.2, 0.25) is 0 Å². The number of hydrogen-bond donors (Lipinski definition) is 2. The van der Waals surface area contributed by atoms with Crippen molar-refractivity contribution in [2.75, 3.05) is 0 Å². The highest BCUT2D eigenvalue weighted by Gasteiger charge is 2.09. The van der Waals surface area contributed by atoms with E-state index in [9.17, 15) is 0 Å². The van der Waals surface area contributed by atoms with Gasteiger partial charge in [0.05, 0.1) is 5.52 Å². The minimum absolute atomic E-state index is 0.444. The second-order valence-corrected chi connectivity index (χ2v) is 4.76. The van der Waals surface area contributed by atoms with Crippen molar-refractivity contribution in [1.29, 1.82) is 0 Å². The van der Waals surface area contributed by atoms with Gasteiger partial charge in [-0.25, -0.2) is 0 Å². The lowest BCUT2D eigenvalue weighted by Gasteiger charge is -2.08. The second-order valence-electron chi connectivity index (χ2n) is 4.76. The van der Waals surface area contributed by atoms with E-state index in [0.717, 1.165) is 16.5 Å². The lowest BCUT2D eigenvalue weighted by Crippen LogP contribution is -2.29. The van der Waals surface area contributed by atoms with Crippen molar-refractivity contribution in [2.24, 2.45) is 0 Å². The second kappa shape index (κ2) is 5.95. The van der Waals surface area contributed by atoms with E-state index in [0.29, 0.717) is 17.8 Å². The van der Waals surface area contributed by atoms with E-state index in [-0.39, 0.29) is 0 Å². The Labute approximate surface area is 122 Å². The SMILES string of the molecule is OB(O)c1ccc(OCc2ccc3ncccc3c2)cc1. The number of hydrogen-bond acceptors (Lipinski definition) is 4. The van der Waals surface area contributed by atoms with Crippen molar-refractivity contribution in [1.82, 2.24) is 4.98 Å². The van der Waals surface area contributed by atoms with Crippen molar-refractivity contribution in [3.05, 3.63) is 66.4 Å². The molecule has 0 aliphatic carbocycles. The minimum atomic E-state index is -1.45. The Morgan fingerprint density at radius 1 is 1.00 bits per heavy atom. The van der Waals surface area contributed by atoms with Gasteiger partial charge in [0, 0.05) is 11.6 Å². The van der Waals surface area contributed by atoms with Crippen LogP contribution in [0.3, 0.4) is 0 Å². The molecule has 0 saturated carbocycles. The fraction of sp³-hybridized carbons (Fsp3) is 0.0625. The number of nitrogens with zero attached hydrogens (tertiary/aromatic N) is 1. The largest absolute Gasteiger partial charge is 0.489 e. The zero-order valence-electron chi connectivity index (χ0n) is 11.3.